The Balaban J connectivity index is 1.69. The number of carbonyl (C=O) groups is 1. The summed E-state index contributed by atoms with van der Waals surface area (Å²) in [4.78, 5) is 33.0. The molecule has 0 fully saturated rings. The minimum Gasteiger partial charge on any atom is -0.310 e. The Kier molecular flexibility index (Phi) is 5.36. The second kappa shape index (κ2) is 7.78. The molecule has 1 aliphatic rings. The summed E-state index contributed by atoms with van der Waals surface area (Å²) < 4.78 is 1.31. The number of nitrogens with zero attached hydrogens (tertiary/aromatic N) is 3. The predicted molar refractivity (Wildman–Crippen MR) is 115 cm³/mol. The van der Waals surface area contributed by atoms with E-state index in [1.807, 2.05) is 24.3 Å². The highest BCUT2D eigenvalue weighted by atomic mass is 35.5. The average molecular weight is 434 g/mol. The van der Waals surface area contributed by atoms with Crippen molar-refractivity contribution in [2.24, 2.45) is 0 Å². The van der Waals surface area contributed by atoms with E-state index in [2.05, 4.69) is 11.9 Å². The Morgan fingerprint density at radius 3 is 2.89 bits per heavy atom. The molecule has 0 radical (unpaired) electrons. The number of hydrogen-bond donors (Lipinski definition) is 0. The lowest BCUT2D eigenvalue weighted by Gasteiger charge is -2.23. The molecule has 4 rings (SSSR count). The van der Waals surface area contributed by atoms with Crippen molar-refractivity contribution in [1.82, 2.24) is 9.55 Å². The van der Waals surface area contributed by atoms with Crippen LogP contribution in [0.2, 0.25) is 10.0 Å². The lowest BCUT2D eigenvalue weighted by atomic mass is 10.2. The molecule has 0 spiro atoms. The van der Waals surface area contributed by atoms with Crippen LogP contribution in [0.4, 0.5) is 5.69 Å². The van der Waals surface area contributed by atoms with Crippen molar-refractivity contribution in [2.45, 2.75) is 30.0 Å². The molecule has 0 aliphatic carbocycles. The number of amides is 1. The van der Waals surface area contributed by atoms with Crippen molar-refractivity contribution >= 4 is 57.5 Å². The van der Waals surface area contributed by atoms with Crippen LogP contribution in [0.3, 0.4) is 0 Å². The second-order valence-electron chi connectivity index (χ2n) is 6.69. The fraction of sp³-hybridized carbons (Fsp3) is 0.250. The summed E-state index contributed by atoms with van der Waals surface area (Å²) in [6.07, 6.45) is 2.24. The smallest absolute Gasteiger partial charge is 0.261 e. The van der Waals surface area contributed by atoms with Gasteiger partial charge in [-0.2, -0.15) is 0 Å². The zero-order chi connectivity index (χ0) is 19.8. The number of hydrogen-bond acceptors (Lipinski definition) is 4. The molecule has 1 aromatic heterocycles. The Morgan fingerprint density at radius 2 is 2.07 bits per heavy atom. The standard InChI is InChI=1S/C20H17Cl2N3O2S/c1-12-6-7-25(16-4-2-3-5-17(16)28-12)18(26)10-24-11-23-19-14(20(24)27)8-13(21)9-15(19)22/h2-5,8-9,11-12H,6-7,10H2,1H3/t12-/m0/s1. The molecule has 0 saturated carbocycles. The van der Waals surface area contributed by atoms with Crippen molar-refractivity contribution in [3.05, 3.63) is 63.1 Å². The van der Waals surface area contributed by atoms with Gasteiger partial charge in [0.2, 0.25) is 5.91 Å². The summed E-state index contributed by atoms with van der Waals surface area (Å²) in [6, 6.07) is 10.9. The predicted octanol–water partition coefficient (Wildman–Crippen LogP) is 4.62. The van der Waals surface area contributed by atoms with Gasteiger partial charge >= 0.3 is 0 Å². The first kappa shape index (κ1) is 19.3. The van der Waals surface area contributed by atoms with E-state index in [-0.39, 0.29) is 18.0 Å². The van der Waals surface area contributed by atoms with Crippen LogP contribution >= 0.6 is 35.0 Å². The van der Waals surface area contributed by atoms with E-state index in [4.69, 9.17) is 23.2 Å². The highest BCUT2D eigenvalue weighted by Crippen LogP contribution is 2.37. The molecule has 0 bridgehead atoms. The normalized spacial score (nSPS) is 16.7. The lowest BCUT2D eigenvalue weighted by Crippen LogP contribution is -2.37. The van der Waals surface area contributed by atoms with Crippen LogP contribution in [-0.4, -0.2) is 27.3 Å². The van der Waals surface area contributed by atoms with Gasteiger partial charge in [0.05, 0.1) is 27.9 Å². The Morgan fingerprint density at radius 1 is 1.29 bits per heavy atom. The summed E-state index contributed by atoms with van der Waals surface area (Å²) in [5.74, 6) is -0.154. The number of thioether (sulfide) groups is 1. The topological polar surface area (TPSA) is 55.2 Å². The van der Waals surface area contributed by atoms with Gasteiger partial charge in [-0.25, -0.2) is 4.98 Å². The van der Waals surface area contributed by atoms with Crippen LogP contribution in [0.1, 0.15) is 13.3 Å². The van der Waals surface area contributed by atoms with Crippen LogP contribution < -0.4 is 10.5 Å². The fourth-order valence-electron chi connectivity index (χ4n) is 3.28. The first-order valence-electron chi connectivity index (χ1n) is 8.84. The average Bonchev–Trinajstić information content (AvgIpc) is 2.82. The van der Waals surface area contributed by atoms with Crippen LogP contribution in [-0.2, 0) is 11.3 Å². The van der Waals surface area contributed by atoms with E-state index in [1.54, 1.807) is 22.7 Å². The molecule has 2 aromatic carbocycles. The molecule has 3 aromatic rings. The first-order valence-corrected chi connectivity index (χ1v) is 10.5. The maximum atomic E-state index is 13.1. The molecule has 1 amide bonds. The number of halogens is 2. The number of benzene rings is 2. The molecule has 5 nitrogen and oxygen atoms in total. The monoisotopic (exact) mass is 433 g/mol. The Labute approximate surface area is 176 Å². The van der Waals surface area contributed by atoms with Gasteiger partial charge in [-0.05, 0) is 30.7 Å². The Bertz CT molecular complexity index is 1130. The van der Waals surface area contributed by atoms with Gasteiger partial charge in [-0.3, -0.25) is 14.2 Å². The fourth-order valence-corrected chi connectivity index (χ4v) is 4.94. The van der Waals surface area contributed by atoms with E-state index < -0.39 is 0 Å². The maximum Gasteiger partial charge on any atom is 0.261 e. The molecule has 28 heavy (non-hydrogen) atoms. The van der Waals surface area contributed by atoms with Gasteiger partial charge in [0.25, 0.3) is 5.56 Å². The summed E-state index contributed by atoms with van der Waals surface area (Å²) in [5.41, 5.74) is 0.924. The second-order valence-corrected chi connectivity index (χ2v) is 9.02. The SMILES string of the molecule is C[C@H]1CCN(C(=O)Cn2cnc3c(Cl)cc(Cl)cc3c2=O)c2ccccc2S1. The summed E-state index contributed by atoms with van der Waals surface area (Å²) in [7, 11) is 0. The van der Waals surface area contributed by atoms with Crippen molar-refractivity contribution < 1.29 is 4.79 Å². The highest BCUT2D eigenvalue weighted by Gasteiger charge is 2.24. The number of carbonyl (C=O) groups excluding carboxylic acids is 1. The largest absolute Gasteiger partial charge is 0.310 e. The number of aromatic nitrogens is 2. The molecular weight excluding hydrogens is 417 g/mol. The molecular formula is C20H17Cl2N3O2S. The van der Waals surface area contributed by atoms with E-state index in [0.29, 0.717) is 32.7 Å². The highest BCUT2D eigenvalue weighted by molar-refractivity contribution is 8.00. The molecule has 2 heterocycles. The molecule has 144 valence electrons. The molecule has 0 N–H and O–H groups in total. The van der Waals surface area contributed by atoms with Gasteiger partial charge < -0.3 is 4.90 Å². The lowest BCUT2D eigenvalue weighted by molar-refractivity contribution is -0.119. The van der Waals surface area contributed by atoms with E-state index >= 15 is 0 Å². The molecule has 1 atom stereocenters. The van der Waals surface area contributed by atoms with Gasteiger partial charge in [-0.1, -0.05) is 42.3 Å². The zero-order valence-electron chi connectivity index (χ0n) is 15.1. The molecule has 8 heteroatoms. The third-order valence-electron chi connectivity index (χ3n) is 4.70. The Hall–Kier alpha value is -2.02. The van der Waals surface area contributed by atoms with Crippen LogP contribution in [0.5, 0.6) is 0 Å². The summed E-state index contributed by atoms with van der Waals surface area (Å²) in [5, 5.41) is 1.38. The van der Waals surface area contributed by atoms with E-state index in [0.717, 1.165) is 17.0 Å². The number of para-hydroxylation sites is 1. The number of fused-ring (bicyclic) bond motifs is 2. The third kappa shape index (κ3) is 3.64. The maximum absolute atomic E-state index is 13.1. The van der Waals surface area contributed by atoms with Crippen molar-refractivity contribution in [1.29, 1.82) is 0 Å². The summed E-state index contributed by atoms with van der Waals surface area (Å²) in [6.45, 7) is 2.66. The zero-order valence-corrected chi connectivity index (χ0v) is 17.4. The van der Waals surface area contributed by atoms with E-state index in [9.17, 15) is 9.59 Å². The van der Waals surface area contributed by atoms with Gasteiger partial charge in [0, 0.05) is 21.7 Å². The van der Waals surface area contributed by atoms with Crippen molar-refractivity contribution in [3.63, 3.8) is 0 Å². The number of anilines is 1. The third-order valence-corrected chi connectivity index (χ3v) is 6.44. The van der Waals surface area contributed by atoms with Gasteiger partial charge in [0.1, 0.15) is 6.54 Å². The van der Waals surface area contributed by atoms with Crippen LogP contribution in [0, 0.1) is 0 Å². The molecule has 1 aliphatic heterocycles. The van der Waals surface area contributed by atoms with E-state index in [1.165, 1.54) is 17.0 Å². The number of rotatable bonds is 2. The van der Waals surface area contributed by atoms with Crippen molar-refractivity contribution in [3.8, 4) is 0 Å². The van der Waals surface area contributed by atoms with Gasteiger partial charge in [-0.15, -0.1) is 11.8 Å². The molecule has 0 saturated heterocycles. The van der Waals surface area contributed by atoms with Crippen LogP contribution in [0.25, 0.3) is 10.9 Å². The van der Waals surface area contributed by atoms with Gasteiger partial charge in [0.15, 0.2) is 0 Å². The minimum atomic E-state index is -0.339. The minimum absolute atomic E-state index is 0.0979. The van der Waals surface area contributed by atoms with Crippen molar-refractivity contribution in [2.75, 3.05) is 11.4 Å². The first-order chi connectivity index (χ1) is 13.4. The molecule has 0 unspecified atom stereocenters. The summed E-state index contributed by atoms with van der Waals surface area (Å²) >= 11 is 13.9. The van der Waals surface area contributed by atoms with Crippen LogP contribution in [0.15, 0.2) is 52.4 Å². The quantitative estimate of drug-likeness (QED) is 0.591.